The second-order valence-corrected chi connectivity index (χ2v) is 5.70. The summed E-state index contributed by atoms with van der Waals surface area (Å²) < 4.78 is 0. The third-order valence-electron chi connectivity index (χ3n) is 3.87. The molecule has 4 aromatic rings. The average molecular weight is 316 g/mol. The first kappa shape index (κ1) is 14.3. The molecule has 2 amide bonds. The summed E-state index contributed by atoms with van der Waals surface area (Å²) in [5.41, 5.74) is 3.25. The molecule has 0 fully saturated rings. The Morgan fingerprint density at radius 2 is 1.62 bits per heavy atom. The molecule has 3 N–H and O–H groups in total. The van der Waals surface area contributed by atoms with E-state index in [4.69, 9.17) is 0 Å². The Morgan fingerprint density at radius 1 is 0.917 bits per heavy atom. The van der Waals surface area contributed by atoms with Gasteiger partial charge in [-0.1, -0.05) is 30.3 Å². The van der Waals surface area contributed by atoms with Crippen LogP contribution in [0.4, 0.5) is 16.2 Å². The maximum atomic E-state index is 12.2. The van der Waals surface area contributed by atoms with E-state index < -0.39 is 0 Å². The Kier molecular flexibility index (Phi) is 3.39. The zero-order chi connectivity index (χ0) is 16.5. The summed E-state index contributed by atoms with van der Waals surface area (Å²) in [5.74, 6) is 0.850. The van der Waals surface area contributed by atoms with Crippen LogP contribution in [0, 0.1) is 6.92 Å². The molecule has 118 valence electrons. The molecule has 0 saturated heterocycles. The topological polar surface area (TPSA) is 69.8 Å². The summed E-state index contributed by atoms with van der Waals surface area (Å²) in [7, 11) is 0. The molecule has 24 heavy (non-hydrogen) atoms. The van der Waals surface area contributed by atoms with Gasteiger partial charge in [0.15, 0.2) is 0 Å². The van der Waals surface area contributed by atoms with Crippen molar-refractivity contribution in [2.45, 2.75) is 6.92 Å². The van der Waals surface area contributed by atoms with E-state index in [0.29, 0.717) is 5.69 Å². The molecule has 3 aromatic carbocycles. The SMILES string of the molecule is Cc1nc2ccc(NC(=O)Nc3ccc4ccccc4c3)cc2[nH]1. The number of fused-ring (bicyclic) bond motifs is 2. The number of aromatic nitrogens is 2. The lowest BCUT2D eigenvalue weighted by atomic mass is 10.1. The Balaban J connectivity index is 1.51. The Bertz CT molecular complexity index is 1050. The van der Waals surface area contributed by atoms with Gasteiger partial charge in [0.2, 0.25) is 0 Å². The van der Waals surface area contributed by atoms with E-state index in [1.807, 2.05) is 67.6 Å². The third kappa shape index (κ3) is 2.79. The van der Waals surface area contributed by atoms with Crippen LogP contribution in [-0.4, -0.2) is 16.0 Å². The van der Waals surface area contributed by atoms with E-state index >= 15 is 0 Å². The molecule has 0 unspecified atom stereocenters. The third-order valence-corrected chi connectivity index (χ3v) is 3.87. The van der Waals surface area contributed by atoms with Crippen LogP contribution in [0.1, 0.15) is 5.82 Å². The van der Waals surface area contributed by atoms with E-state index in [9.17, 15) is 4.79 Å². The van der Waals surface area contributed by atoms with Crippen molar-refractivity contribution in [3.8, 4) is 0 Å². The highest BCUT2D eigenvalue weighted by molar-refractivity contribution is 6.02. The molecule has 0 aliphatic heterocycles. The maximum absolute atomic E-state index is 12.2. The van der Waals surface area contributed by atoms with E-state index in [1.165, 1.54) is 0 Å². The normalized spacial score (nSPS) is 10.9. The molecule has 0 radical (unpaired) electrons. The summed E-state index contributed by atoms with van der Waals surface area (Å²) in [5, 5.41) is 7.93. The minimum Gasteiger partial charge on any atom is -0.342 e. The van der Waals surface area contributed by atoms with Crippen LogP contribution < -0.4 is 10.6 Å². The van der Waals surface area contributed by atoms with Gasteiger partial charge in [-0.25, -0.2) is 9.78 Å². The number of hydrogen-bond donors (Lipinski definition) is 3. The van der Waals surface area contributed by atoms with Crippen molar-refractivity contribution in [2.24, 2.45) is 0 Å². The number of amides is 2. The smallest absolute Gasteiger partial charge is 0.323 e. The fraction of sp³-hybridized carbons (Fsp3) is 0.0526. The van der Waals surface area contributed by atoms with Gasteiger partial charge in [-0.3, -0.25) is 0 Å². The van der Waals surface area contributed by atoms with Gasteiger partial charge in [-0.2, -0.15) is 0 Å². The van der Waals surface area contributed by atoms with Crippen LogP contribution in [-0.2, 0) is 0 Å². The minimum absolute atomic E-state index is 0.277. The van der Waals surface area contributed by atoms with Crippen molar-refractivity contribution in [3.63, 3.8) is 0 Å². The lowest BCUT2D eigenvalue weighted by molar-refractivity contribution is 0.262. The second-order valence-electron chi connectivity index (χ2n) is 5.70. The summed E-state index contributed by atoms with van der Waals surface area (Å²) in [6, 6.07) is 19.2. The number of carbonyl (C=O) groups is 1. The van der Waals surface area contributed by atoms with Crippen LogP contribution in [0.2, 0.25) is 0 Å². The number of anilines is 2. The summed E-state index contributed by atoms with van der Waals surface area (Å²) >= 11 is 0. The predicted molar refractivity (Wildman–Crippen MR) is 97.4 cm³/mol. The number of aryl methyl sites for hydroxylation is 1. The number of rotatable bonds is 2. The number of nitrogens with zero attached hydrogens (tertiary/aromatic N) is 1. The molecule has 0 bridgehead atoms. The van der Waals surface area contributed by atoms with Crippen molar-refractivity contribution < 1.29 is 4.79 Å². The van der Waals surface area contributed by atoms with Gasteiger partial charge in [-0.15, -0.1) is 0 Å². The van der Waals surface area contributed by atoms with Gasteiger partial charge in [0.05, 0.1) is 11.0 Å². The number of nitrogens with one attached hydrogen (secondary N) is 3. The van der Waals surface area contributed by atoms with Crippen molar-refractivity contribution in [3.05, 3.63) is 66.5 Å². The molecule has 5 heteroatoms. The Morgan fingerprint density at radius 3 is 2.46 bits per heavy atom. The first-order valence-corrected chi connectivity index (χ1v) is 7.70. The number of carbonyl (C=O) groups excluding carboxylic acids is 1. The van der Waals surface area contributed by atoms with Crippen molar-refractivity contribution in [2.75, 3.05) is 10.6 Å². The van der Waals surface area contributed by atoms with Crippen molar-refractivity contribution in [1.29, 1.82) is 0 Å². The standard InChI is InChI=1S/C19H16N4O/c1-12-20-17-9-8-16(11-18(17)21-12)23-19(24)22-15-7-6-13-4-2-3-5-14(13)10-15/h2-11H,1H3,(H,20,21)(H2,22,23,24). The number of H-pyrrole nitrogens is 1. The number of hydrogen-bond acceptors (Lipinski definition) is 2. The molecule has 1 heterocycles. The Labute approximate surface area is 138 Å². The monoisotopic (exact) mass is 316 g/mol. The number of aromatic amines is 1. The predicted octanol–water partition coefficient (Wildman–Crippen LogP) is 4.67. The van der Waals surface area contributed by atoms with Gasteiger partial charge in [-0.05, 0) is 48.0 Å². The van der Waals surface area contributed by atoms with Crippen LogP contribution in [0.3, 0.4) is 0 Å². The molecule has 0 saturated carbocycles. The number of urea groups is 1. The van der Waals surface area contributed by atoms with Gasteiger partial charge in [0.1, 0.15) is 5.82 Å². The number of imidazole rings is 1. The summed E-state index contributed by atoms with van der Waals surface area (Å²) in [6.45, 7) is 1.90. The first-order valence-electron chi connectivity index (χ1n) is 7.70. The zero-order valence-electron chi connectivity index (χ0n) is 13.1. The molecular formula is C19H16N4O. The fourth-order valence-electron chi connectivity index (χ4n) is 2.78. The molecule has 5 nitrogen and oxygen atoms in total. The minimum atomic E-state index is -0.277. The van der Waals surface area contributed by atoms with E-state index in [1.54, 1.807) is 0 Å². The van der Waals surface area contributed by atoms with Gasteiger partial charge in [0, 0.05) is 11.4 Å². The van der Waals surface area contributed by atoms with Crippen LogP contribution in [0.15, 0.2) is 60.7 Å². The summed E-state index contributed by atoms with van der Waals surface area (Å²) in [4.78, 5) is 19.7. The molecule has 0 aliphatic rings. The lowest BCUT2D eigenvalue weighted by Crippen LogP contribution is -2.19. The van der Waals surface area contributed by atoms with Crippen LogP contribution in [0.25, 0.3) is 21.8 Å². The van der Waals surface area contributed by atoms with E-state index in [0.717, 1.165) is 33.3 Å². The highest BCUT2D eigenvalue weighted by atomic mass is 16.2. The molecule has 0 spiro atoms. The lowest BCUT2D eigenvalue weighted by Gasteiger charge is -2.08. The first-order chi connectivity index (χ1) is 11.7. The summed E-state index contributed by atoms with van der Waals surface area (Å²) in [6.07, 6.45) is 0. The highest BCUT2D eigenvalue weighted by Gasteiger charge is 2.06. The van der Waals surface area contributed by atoms with Crippen LogP contribution in [0.5, 0.6) is 0 Å². The molecule has 0 aliphatic carbocycles. The van der Waals surface area contributed by atoms with Gasteiger partial charge >= 0.3 is 6.03 Å². The number of benzene rings is 3. The van der Waals surface area contributed by atoms with Crippen molar-refractivity contribution >= 4 is 39.2 Å². The van der Waals surface area contributed by atoms with E-state index in [-0.39, 0.29) is 6.03 Å². The van der Waals surface area contributed by atoms with E-state index in [2.05, 4.69) is 20.6 Å². The van der Waals surface area contributed by atoms with Gasteiger partial charge in [0.25, 0.3) is 0 Å². The van der Waals surface area contributed by atoms with Crippen molar-refractivity contribution in [1.82, 2.24) is 9.97 Å². The maximum Gasteiger partial charge on any atom is 0.323 e. The molecular weight excluding hydrogens is 300 g/mol. The van der Waals surface area contributed by atoms with Gasteiger partial charge < -0.3 is 15.6 Å². The highest BCUT2D eigenvalue weighted by Crippen LogP contribution is 2.20. The molecule has 1 aromatic heterocycles. The fourth-order valence-corrected chi connectivity index (χ4v) is 2.78. The average Bonchev–Trinajstić information content (AvgIpc) is 2.94. The largest absolute Gasteiger partial charge is 0.342 e. The molecule has 0 atom stereocenters. The zero-order valence-corrected chi connectivity index (χ0v) is 13.1. The van der Waals surface area contributed by atoms with Crippen LogP contribution >= 0.6 is 0 Å². The Hall–Kier alpha value is -3.34. The quantitative estimate of drug-likeness (QED) is 0.503. The second kappa shape index (κ2) is 5.70. The molecule has 4 rings (SSSR count).